The Morgan fingerprint density at radius 3 is 2.84 bits per heavy atom. The van der Waals surface area contributed by atoms with Gasteiger partial charge in [-0.1, -0.05) is 6.07 Å². The van der Waals surface area contributed by atoms with Crippen molar-refractivity contribution in [2.75, 3.05) is 30.8 Å². The fourth-order valence-corrected chi connectivity index (χ4v) is 5.37. The van der Waals surface area contributed by atoms with E-state index in [0.717, 1.165) is 0 Å². The lowest BCUT2D eigenvalue weighted by atomic mass is 9.98. The maximum absolute atomic E-state index is 13.3. The van der Waals surface area contributed by atoms with Gasteiger partial charge in [0.1, 0.15) is 11.5 Å². The van der Waals surface area contributed by atoms with E-state index in [4.69, 9.17) is 9.47 Å². The monoisotopic (exact) mass is 459 g/mol. The van der Waals surface area contributed by atoms with Crippen molar-refractivity contribution in [2.24, 2.45) is 5.92 Å². The van der Waals surface area contributed by atoms with Gasteiger partial charge < -0.3 is 20.1 Å². The normalized spacial score (nSPS) is 21.1. The van der Waals surface area contributed by atoms with Gasteiger partial charge in [0.25, 0.3) is 5.91 Å². The molecule has 2 aromatic rings. The molecule has 1 saturated heterocycles. The Labute approximate surface area is 186 Å². The van der Waals surface area contributed by atoms with Gasteiger partial charge in [-0.25, -0.2) is 8.42 Å². The molecule has 0 saturated carbocycles. The first-order chi connectivity index (χ1) is 15.3. The van der Waals surface area contributed by atoms with Crippen molar-refractivity contribution in [3.8, 4) is 11.5 Å². The number of hydrogen-bond acceptors (Lipinski definition) is 6. The van der Waals surface area contributed by atoms with Crippen LogP contribution in [0.25, 0.3) is 0 Å². The number of anilines is 2. The number of piperidine rings is 1. The average Bonchev–Trinajstić information content (AvgIpc) is 2.79. The SMILES string of the molecule is COc1cccc(NC(=O)[C@@H]2CCCN(S(=O)(=O)c3ccc4c(c3)NC(=O)[C@H](C)O4)C2)c1. The lowest BCUT2D eigenvalue weighted by molar-refractivity contribution is -0.123. The fraction of sp³-hybridized carbons (Fsp3) is 0.364. The first-order valence-corrected chi connectivity index (χ1v) is 11.8. The summed E-state index contributed by atoms with van der Waals surface area (Å²) < 4.78 is 38.5. The number of methoxy groups -OCH3 is 1. The number of hydrogen-bond donors (Lipinski definition) is 2. The van der Waals surface area contributed by atoms with Crippen molar-refractivity contribution in [1.82, 2.24) is 4.31 Å². The van der Waals surface area contributed by atoms with Crippen molar-refractivity contribution in [3.63, 3.8) is 0 Å². The third-order valence-corrected chi connectivity index (χ3v) is 7.47. The molecule has 2 heterocycles. The van der Waals surface area contributed by atoms with E-state index in [1.165, 1.54) is 22.5 Å². The summed E-state index contributed by atoms with van der Waals surface area (Å²) in [6, 6.07) is 11.4. The lowest BCUT2D eigenvalue weighted by Gasteiger charge is -2.31. The van der Waals surface area contributed by atoms with Gasteiger partial charge in [0.15, 0.2) is 6.10 Å². The Morgan fingerprint density at radius 2 is 2.06 bits per heavy atom. The summed E-state index contributed by atoms with van der Waals surface area (Å²) in [6.07, 6.45) is 0.516. The number of rotatable bonds is 5. The third kappa shape index (κ3) is 4.42. The number of nitrogens with one attached hydrogen (secondary N) is 2. The minimum atomic E-state index is -3.85. The highest BCUT2D eigenvalue weighted by molar-refractivity contribution is 7.89. The maximum Gasteiger partial charge on any atom is 0.265 e. The molecule has 2 aliphatic heterocycles. The highest BCUT2D eigenvalue weighted by Crippen LogP contribution is 2.33. The Kier molecular flexibility index (Phi) is 6.07. The summed E-state index contributed by atoms with van der Waals surface area (Å²) in [4.78, 5) is 24.7. The Balaban J connectivity index is 1.49. The Bertz CT molecular complexity index is 1150. The molecule has 2 amide bonds. The largest absolute Gasteiger partial charge is 0.497 e. The molecule has 0 spiro atoms. The molecular weight excluding hydrogens is 434 g/mol. The maximum atomic E-state index is 13.3. The summed E-state index contributed by atoms with van der Waals surface area (Å²) in [5.41, 5.74) is 0.910. The van der Waals surface area contributed by atoms with Crippen molar-refractivity contribution < 1.29 is 27.5 Å². The van der Waals surface area contributed by atoms with Crippen LogP contribution in [-0.2, 0) is 19.6 Å². The van der Waals surface area contributed by atoms with Crippen LogP contribution in [-0.4, -0.2) is 50.8 Å². The van der Waals surface area contributed by atoms with E-state index in [-0.39, 0.29) is 23.3 Å². The van der Waals surface area contributed by atoms with Crippen LogP contribution in [0.15, 0.2) is 47.4 Å². The molecule has 2 aliphatic rings. The van der Waals surface area contributed by atoms with E-state index >= 15 is 0 Å². The van der Waals surface area contributed by atoms with Gasteiger partial charge in [-0.3, -0.25) is 9.59 Å². The number of sulfonamides is 1. The van der Waals surface area contributed by atoms with Crippen molar-refractivity contribution in [3.05, 3.63) is 42.5 Å². The lowest BCUT2D eigenvalue weighted by Crippen LogP contribution is -2.43. The molecule has 10 heteroatoms. The van der Waals surface area contributed by atoms with Crippen LogP contribution in [0, 0.1) is 5.92 Å². The van der Waals surface area contributed by atoms with E-state index in [0.29, 0.717) is 42.3 Å². The molecule has 0 unspecified atom stereocenters. The molecule has 9 nitrogen and oxygen atoms in total. The molecule has 2 N–H and O–H groups in total. The smallest absolute Gasteiger partial charge is 0.265 e. The third-order valence-electron chi connectivity index (χ3n) is 5.61. The molecule has 1 fully saturated rings. The molecular formula is C22H25N3O6S. The highest BCUT2D eigenvalue weighted by atomic mass is 32.2. The van der Waals surface area contributed by atoms with Gasteiger partial charge in [-0.2, -0.15) is 4.31 Å². The zero-order chi connectivity index (χ0) is 22.9. The zero-order valence-corrected chi connectivity index (χ0v) is 18.6. The van der Waals surface area contributed by atoms with Gasteiger partial charge in [0.05, 0.1) is 23.6 Å². The van der Waals surface area contributed by atoms with Crippen LogP contribution in [0.5, 0.6) is 11.5 Å². The number of nitrogens with zero attached hydrogens (tertiary/aromatic N) is 1. The summed E-state index contributed by atoms with van der Waals surface area (Å²) >= 11 is 0. The van der Waals surface area contributed by atoms with Gasteiger partial charge in [0.2, 0.25) is 15.9 Å². The van der Waals surface area contributed by atoms with Gasteiger partial charge in [-0.15, -0.1) is 0 Å². The van der Waals surface area contributed by atoms with E-state index < -0.39 is 22.0 Å². The zero-order valence-electron chi connectivity index (χ0n) is 17.8. The number of fused-ring (bicyclic) bond motifs is 1. The summed E-state index contributed by atoms with van der Waals surface area (Å²) in [5, 5.41) is 5.51. The molecule has 0 aromatic heterocycles. The number of ether oxygens (including phenoxy) is 2. The van der Waals surface area contributed by atoms with E-state index in [2.05, 4.69) is 10.6 Å². The molecule has 0 radical (unpaired) electrons. The predicted molar refractivity (Wildman–Crippen MR) is 118 cm³/mol. The Hall–Kier alpha value is -3.11. The molecule has 2 atom stereocenters. The van der Waals surface area contributed by atoms with Crippen LogP contribution in [0.4, 0.5) is 11.4 Å². The standard InChI is InChI=1S/C22H25N3O6S/c1-14-21(26)24-19-12-18(8-9-20(19)31-14)32(28,29)25-10-4-5-15(13-25)22(27)23-16-6-3-7-17(11-16)30-2/h3,6-9,11-12,14-15H,4-5,10,13H2,1-2H3,(H,23,27)(H,24,26)/t14-,15+/m0/s1. The predicted octanol–water partition coefficient (Wildman–Crippen LogP) is 2.45. The van der Waals surface area contributed by atoms with Gasteiger partial charge in [0, 0.05) is 24.8 Å². The van der Waals surface area contributed by atoms with Crippen molar-refractivity contribution in [2.45, 2.75) is 30.8 Å². The topological polar surface area (TPSA) is 114 Å². The fourth-order valence-electron chi connectivity index (χ4n) is 3.82. The molecule has 0 bridgehead atoms. The second-order valence-corrected chi connectivity index (χ2v) is 9.77. The van der Waals surface area contributed by atoms with Crippen molar-refractivity contribution in [1.29, 1.82) is 0 Å². The first-order valence-electron chi connectivity index (χ1n) is 10.3. The minimum absolute atomic E-state index is 0.0450. The van der Waals surface area contributed by atoms with Crippen LogP contribution in [0.3, 0.4) is 0 Å². The van der Waals surface area contributed by atoms with Crippen LogP contribution < -0.4 is 20.1 Å². The quantitative estimate of drug-likeness (QED) is 0.710. The second-order valence-electron chi connectivity index (χ2n) is 7.83. The molecule has 2 aromatic carbocycles. The first kappa shape index (κ1) is 22.1. The number of benzene rings is 2. The molecule has 0 aliphatic carbocycles. The van der Waals surface area contributed by atoms with Crippen LogP contribution >= 0.6 is 0 Å². The second kappa shape index (κ2) is 8.79. The molecule has 170 valence electrons. The van der Waals surface area contributed by atoms with Crippen LogP contribution in [0.2, 0.25) is 0 Å². The van der Waals surface area contributed by atoms with E-state index in [1.54, 1.807) is 38.3 Å². The highest BCUT2D eigenvalue weighted by Gasteiger charge is 2.34. The number of carbonyl (C=O) groups is 2. The number of carbonyl (C=O) groups excluding carboxylic acids is 2. The van der Waals surface area contributed by atoms with Gasteiger partial charge >= 0.3 is 0 Å². The van der Waals surface area contributed by atoms with Gasteiger partial charge in [-0.05, 0) is 50.1 Å². The van der Waals surface area contributed by atoms with E-state index in [9.17, 15) is 18.0 Å². The van der Waals surface area contributed by atoms with E-state index in [1.807, 2.05) is 0 Å². The number of amides is 2. The molecule has 4 rings (SSSR count). The summed E-state index contributed by atoms with van der Waals surface area (Å²) in [5.74, 6) is -0.0115. The molecule has 32 heavy (non-hydrogen) atoms. The summed E-state index contributed by atoms with van der Waals surface area (Å²) in [7, 11) is -2.30. The van der Waals surface area contributed by atoms with Crippen molar-refractivity contribution >= 4 is 33.2 Å². The average molecular weight is 460 g/mol. The summed E-state index contributed by atoms with van der Waals surface area (Å²) in [6.45, 7) is 2.02. The Morgan fingerprint density at radius 1 is 1.25 bits per heavy atom. The van der Waals surface area contributed by atoms with Crippen LogP contribution in [0.1, 0.15) is 19.8 Å². The minimum Gasteiger partial charge on any atom is -0.497 e.